The molecule has 6 bridgehead atoms. The van der Waals surface area contributed by atoms with Gasteiger partial charge in [0.05, 0.1) is 23.7 Å². The van der Waals surface area contributed by atoms with Crippen LogP contribution >= 0.6 is 0 Å². The van der Waals surface area contributed by atoms with Crippen LogP contribution in [0.1, 0.15) is 12.8 Å². The van der Waals surface area contributed by atoms with Gasteiger partial charge in [0, 0.05) is 23.7 Å². The summed E-state index contributed by atoms with van der Waals surface area (Å²) in [4.78, 5) is 50.0. The lowest BCUT2D eigenvalue weighted by Gasteiger charge is -2.53. The van der Waals surface area contributed by atoms with Crippen molar-refractivity contribution >= 4 is 23.6 Å². The minimum absolute atomic E-state index is 0.0795. The van der Waals surface area contributed by atoms with Crippen molar-refractivity contribution in [3.8, 4) is 0 Å². The predicted octanol–water partition coefficient (Wildman–Crippen LogP) is 1.17. The highest BCUT2D eigenvalue weighted by atomic mass is 19.4. The van der Waals surface area contributed by atoms with Crippen LogP contribution in [0.25, 0.3) is 0 Å². The molecule has 8 aliphatic rings. The van der Waals surface area contributed by atoms with Crippen molar-refractivity contribution in [2.75, 3.05) is 0 Å². The molecule has 0 spiro atoms. The topological polar surface area (TPSA) is 102 Å². The van der Waals surface area contributed by atoms with E-state index in [9.17, 15) is 19.2 Å². The Morgan fingerprint density at radius 2 is 0.829 bits per heavy atom. The van der Waals surface area contributed by atoms with Gasteiger partial charge in [0.25, 0.3) is 0 Å². The number of nitrogens with one attached hydrogen (secondary N) is 2. The van der Waals surface area contributed by atoms with E-state index in [-0.39, 0.29) is 12.8 Å². The number of halogens is 6. The van der Waals surface area contributed by atoms with Crippen molar-refractivity contribution in [2.24, 2.45) is 71.0 Å². The van der Waals surface area contributed by atoms with Crippen molar-refractivity contribution in [1.29, 1.82) is 0 Å². The smallest absolute Gasteiger partial charge is 0.348 e. The Hall–Kier alpha value is -2.18. The Bertz CT molecular complexity index is 1010. The summed E-state index contributed by atoms with van der Waals surface area (Å²) >= 11 is 0. The summed E-state index contributed by atoms with van der Waals surface area (Å²) in [6.45, 7) is 0. The van der Waals surface area contributed by atoms with Gasteiger partial charge in [-0.15, -0.1) is 0 Å². The van der Waals surface area contributed by atoms with Crippen LogP contribution in [0, 0.1) is 71.0 Å². The van der Waals surface area contributed by atoms with E-state index in [0.29, 0.717) is 0 Å². The summed E-state index contributed by atoms with van der Waals surface area (Å²) in [5.74, 6) is -18.3. The number of hydrogen-bond acceptors (Lipinski definition) is 5. The molecule has 0 aromatic rings. The van der Waals surface area contributed by atoms with Crippen molar-refractivity contribution < 1.29 is 50.3 Å². The third-order valence-corrected chi connectivity index (χ3v) is 11.2. The molecule has 35 heavy (non-hydrogen) atoms. The molecule has 188 valence electrons. The second-order valence-corrected chi connectivity index (χ2v) is 11.7. The number of hydrogen-bond donors (Lipinski definition) is 2. The van der Waals surface area contributed by atoms with Crippen molar-refractivity contribution in [2.45, 2.75) is 36.4 Å². The second kappa shape index (κ2) is 5.40. The van der Waals surface area contributed by atoms with Gasteiger partial charge >= 0.3 is 12.4 Å². The number of amides is 4. The van der Waals surface area contributed by atoms with Crippen LogP contribution in [0.2, 0.25) is 0 Å². The second-order valence-electron chi connectivity index (χ2n) is 11.7. The summed E-state index contributed by atoms with van der Waals surface area (Å²) in [5, 5.41) is 4.21. The summed E-state index contributed by atoms with van der Waals surface area (Å²) < 4.78 is 96.2. The average Bonchev–Trinajstić information content (AvgIpc) is 3.53. The lowest BCUT2D eigenvalue weighted by atomic mass is 9.46. The fourth-order valence-electron chi connectivity index (χ4n) is 11.0. The summed E-state index contributed by atoms with van der Waals surface area (Å²) in [6.07, 6.45) is -10.6. The van der Waals surface area contributed by atoms with Crippen molar-refractivity contribution in [3.63, 3.8) is 0 Å². The molecular weight excluding hydrogens is 486 g/mol. The first kappa shape index (κ1) is 21.0. The van der Waals surface area contributed by atoms with Gasteiger partial charge in [0.2, 0.25) is 23.6 Å². The average molecular weight is 504 g/mol. The summed E-state index contributed by atoms with van der Waals surface area (Å²) in [5.41, 5.74) is -6.38. The zero-order valence-electron chi connectivity index (χ0n) is 17.7. The van der Waals surface area contributed by atoms with E-state index < -0.39 is 118 Å². The molecule has 4 heterocycles. The van der Waals surface area contributed by atoms with Crippen LogP contribution in [0.4, 0.5) is 26.3 Å². The Morgan fingerprint density at radius 1 is 0.571 bits per heavy atom. The van der Waals surface area contributed by atoms with Gasteiger partial charge in [-0.3, -0.25) is 29.8 Å². The largest absolute Gasteiger partial charge is 0.418 e. The van der Waals surface area contributed by atoms with Gasteiger partial charge in [-0.2, -0.15) is 26.3 Å². The number of rotatable bonds is 0. The zero-order chi connectivity index (χ0) is 24.8. The third kappa shape index (κ3) is 1.79. The minimum Gasteiger partial charge on any atom is -0.348 e. The number of imide groups is 2. The van der Waals surface area contributed by atoms with E-state index in [4.69, 9.17) is 4.74 Å². The number of fused-ring (bicyclic) bond motifs is 22. The molecule has 4 aliphatic carbocycles. The Morgan fingerprint density at radius 3 is 1.06 bits per heavy atom. The first-order valence-electron chi connectivity index (χ1n) is 11.8. The first-order valence-corrected chi connectivity index (χ1v) is 11.8. The molecule has 14 atom stereocenters. The van der Waals surface area contributed by atoms with Crippen LogP contribution in [-0.4, -0.2) is 47.2 Å². The quantitative estimate of drug-likeness (QED) is 0.381. The molecular formula is C22H18F6N2O5. The molecule has 4 amide bonds. The lowest BCUT2D eigenvalue weighted by Crippen LogP contribution is -2.66. The molecule has 2 N–H and O–H groups in total. The van der Waals surface area contributed by atoms with Crippen LogP contribution in [0.5, 0.6) is 0 Å². The number of alkyl halides is 6. The SMILES string of the molecule is O=C1NC(=O)[C@H]2C3CC(C12)C1C3C2(C(F)(F)F)OC1(C(F)(F)F)C1C3C[C@@H](C12)[C@H]1C(=O)NC(=O)C31. The number of carbonyl (C=O) groups excluding carboxylic acids is 4. The lowest BCUT2D eigenvalue weighted by molar-refractivity contribution is -0.329. The van der Waals surface area contributed by atoms with Gasteiger partial charge in [-0.25, -0.2) is 0 Å². The highest BCUT2D eigenvalue weighted by Gasteiger charge is 2.97. The molecule has 11 unspecified atom stereocenters. The highest BCUT2D eigenvalue weighted by molar-refractivity contribution is 6.07. The van der Waals surface area contributed by atoms with Crippen molar-refractivity contribution in [1.82, 2.24) is 10.6 Å². The third-order valence-electron chi connectivity index (χ3n) is 11.2. The standard InChI is InChI=1S/C22H18F6N2O5/c23-21(24,25)19-11-3-1-4(8-7(3)15(31)29-16(8)32)12(11)20(35-19,22(26,27)28)14-6-2-5(13(14)19)9-10(6)18(34)30-17(9)33/h3-14H,1-2H2,(H,29,31,32)(H,30,33,34)/t3-,4?,5?,6?,7-,8?,9+,10?,11?,12?,13?,14?,19?,20?/m1/s1. The fraction of sp³-hybridized carbons (Fsp3) is 0.818. The molecule has 8 fully saturated rings. The van der Waals surface area contributed by atoms with Crippen LogP contribution < -0.4 is 10.6 Å². The maximum atomic E-state index is 15.1. The van der Waals surface area contributed by atoms with Crippen LogP contribution in [-0.2, 0) is 23.9 Å². The van der Waals surface area contributed by atoms with E-state index in [0.717, 1.165) is 0 Å². The maximum Gasteiger partial charge on any atom is 0.418 e. The van der Waals surface area contributed by atoms with Gasteiger partial charge in [-0.05, 0) is 36.5 Å². The molecule has 8 rings (SSSR count). The van der Waals surface area contributed by atoms with Gasteiger partial charge in [0.15, 0.2) is 11.2 Å². The fourth-order valence-corrected chi connectivity index (χ4v) is 11.0. The van der Waals surface area contributed by atoms with E-state index in [1.165, 1.54) is 0 Å². The first-order chi connectivity index (χ1) is 16.3. The van der Waals surface area contributed by atoms with Gasteiger partial charge < -0.3 is 4.74 Å². The molecule has 13 heteroatoms. The van der Waals surface area contributed by atoms with E-state index in [1.54, 1.807) is 0 Å². The maximum absolute atomic E-state index is 15.1. The normalized spacial score (nSPS) is 58.6. The molecule has 7 nitrogen and oxygen atoms in total. The zero-order valence-corrected chi connectivity index (χ0v) is 17.7. The van der Waals surface area contributed by atoms with Crippen molar-refractivity contribution in [3.05, 3.63) is 0 Å². The van der Waals surface area contributed by atoms with E-state index in [2.05, 4.69) is 10.6 Å². The van der Waals surface area contributed by atoms with Crippen LogP contribution in [0.15, 0.2) is 0 Å². The van der Waals surface area contributed by atoms with E-state index >= 15 is 26.3 Å². The molecule has 0 aromatic carbocycles. The van der Waals surface area contributed by atoms with E-state index in [1.807, 2.05) is 0 Å². The Labute approximate surface area is 192 Å². The molecule has 4 saturated carbocycles. The summed E-state index contributed by atoms with van der Waals surface area (Å²) in [6, 6.07) is 0. The Kier molecular flexibility index (Phi) is 3.23. The number of carbonyl (C=O) groups is 4. The number of ether oxygens (including phenoxy) is 1. The monoisotopic (exact) mass is 504 g/mol. The molecule has 4 aliphatic heterocycles. The molecule has 0 radical (unpaired) electrons. The molecule has 4 saturated heterocycles. The summed E-state index contributed by atoms with van der Waals surface area (Å²) in [7, 11) is 0. The Balaban J connectivity index is 1.39. The predicted molar refractivity (Wildman–Crippen MR) is 96.1 cm³/mol. The minimum atomic E-state index is -5.21. The van der Waals surface area contributed by atoms with Gasteiger partial charge in [-0.1, -0.05) is 0 Å². The highest BCUT2D eigenvalue weighted by Crippen LogP contribution is 2.86. The van der Waals surface area contributed by atoms with Crippen LogP contribution in [0.3, 0.4) is 0 Å². The van der Waals surface area contributed by atoms with Gasteiger partial charge in [0.1, 0.15) is 0 Å². The molecule has 0 aromatic heterocycles.